The van der Waals surface area contributed by atoms with Gasteiger partial charge in [0.15, 0.2) is 0 Å². The minimum atomic E-state index is 0.921. The molecule has 0 heterocycles. The number of rotatable bonds is 2. The second-order valence-corrected chi connectivity index (χ2v) is 10.5. The van der Waals surface area contributed by atoms with Gasteiger partial charge in [-0.15, -0.1) is 11.8 Å². The van der Waals surface area contributed by atoms with Crippen molar-refractivity contribution in [3.8, 4) is 45.9 Å². The molecule has 0 aromatic heterocycles. The van der Waals surface area contributed by atoms with Crippen molar-refractivity contribution in [2.75, 3.05) is 0 Å². The van der Waals surface area contributed by atoms with Crippen LogP contribution in [0, 0.1) is 23.7 Å². The molecule has 0 nitrogen and oxygen atoms in total. The van der Waals surface area contributed by atoms with Gasteiger partial charge in [0.2, 0.25) is 0 Å². The van der Waals surface area contributed by atoms with Crippen molar-refractivity contribution in [1.29, 1.82) is 0 Å². The summed E-state index contributed by atoms with van der Waals surface area (Å²) < 4.78 is 4.05. The molecule has 0 unspecified atom stereocenters. The Morgan fingerprint density at radius 2 is 0.906 bits per heavy atom. The van der Waals surface area contributed by atoms with Crippen LogP contribution in [0.5, 0.6) is 0 Å². The van der Waals surface area contributed by atoms with Crippen molar-refractivity contribution in [3.05, 3.63) is 89.7 Å². The molecule has 4 rings (SSSR count). The molecule has 0 bridgehead atoms. The summed E-state index contributed by atoms with van der Waals surface area (Å²) in [6, 6.07) is 21.2. The van der Waals surface area contributed by atoms with E-state index < -0.39 is 0 Å². The van der Waals surface area contributed by atoms with Crippen LogP contribution in [0.2, 0.25) is 0 Å². The Morgan fingerprint density at radius 3 is 1.47 bits per heavy atom. The summed E-state index contributed by atoms with van der Waals surface area (Å²) in [6.07, 6.45) is 0. The second-order valence-electron chi connectivity index (χ2n) is 7.12. The second kappa shape index (κ2) is 9.98. The zero-order valence-corrected chi connectivity index (χ0v) is 23.6. The van der Waals surface area contributed by atoms with Crippen LogP contribution >= 0.6 is 63.7 Å². The van der Waals surface area contributed by atoms with Crippen molar-refractivity contribution in [2.24, 2.45) is 0 Å². The minimum absolute atomic E-state index is 0.921. The third-order valence-electron chi connectivity index (χ3n) is 5.10. The topological polar surface area (TPSA) is 0 Å². The summed E-state index contributed by atoms with van der Waals surface area (Å²) in [7, 11) is 0. The predicted octanol–water partition coefficient (Wildman–Crippen LogP) is 9.97. The number of fused-ring (bicyclic) bond motifs is 1. The molecule has 0 aliphatic heterocycles. The Balaban J connectivity index is 1.89. The Bertz CT molecular complexity index is 1490. The molecule has 4 aromatic carbocycles. The van der Waals surface area contributed by atoms with Crippen LogP contribution < -0.4 is 0 Å². The summed E-state index contributed by atoms with van der Waals surface area (Å²) in [5.41, 5.74) is 6.21. The molecule has 0 aliphatic rings. The van der Waals surface area contributed by atoms with Gasteiger partial charge in [-0.3, -0.25) is 0 Å². The normalized spacial score (nSPS) is 10.3. The molecule has 0 fully saturated rings. The molecule has 4 heteroatoms. The maximum Gasteiger partial charge on any atom is 0.0413 e. The van der Waals surface area contributed by atoms with Crippen LogP contribution in [-0.2, 0) is 0 Å². The minimum Gasteiger partial charge on any atom is -0.101 e. The highest BCUT2D eigenvalue weighted by atomic mass is 79.9. The Morgan fingerprint density at radius 1 is 0.500 bits per heavy atom. The summed E-state index contributed by atoms with van der Waals surface area (Å²) in [5.74, 6) is 12.3. The van der Waals surface area contributed by atoms with Crippen molar-refractivity contribution < 1.29 is 0 Å². The van der Waals surface area contributed by atoms with E-state index in [0.717, 1.165) is 51.3 Å². The van der Waals surface area contributed by atoms with Crippen LogP contribution in [0.4, 0.5) is 0 Å². The quantitative estimate of drug-likeness (QED) is 0.186. The first-order chi connectivity index (χ1) is 15.4. The summed E-state index contributed by atoms with van der Waals surface area (Å²) in [6.45, 7) is 3.68. The first-order valence-corrected chi connectivity index (χ1v) is 13.0. The molecule has 32 heavy (non-hydrogen) atoms. The highest BCUT2D eigenvalue weighted by molar-refractivity contribution is 9.11. The Labute approximate surface area is 222 Å². The zero-order chi connectivity index (χ0) is 22.8. The van der Waals surface area contributed by atoms with Crippen LogP contribution in [-0.4, -0.2) is 0 Å². The standard InChI is InChI=1S/C28H16Br4/c1-3-7-17-11-21(25(29)13-18(17)8-4-2)23-15-28(32)24(16-27(23)31)22-12-19-9-5-6-10-20(19)14-26(22)30/h5-6,9-16H,1-2H3. The van der Waals surface area contributed by atoms with E-state index in [4.69, 9.17) is 0 Å². The molecule has 156 valence electrons. The molecular weight excluding hydrogens is 656 g/mol. The first-order valence-electron chi connectivity index (χ1n) is 9.80. The van der Waals surface area contributed by atoms with Gasteiger partial charge < -0.3 is 0 Å². The van der Waals surface area contributed by atoms with Crippen LogP contribution in [0.3, 0.4) is 0 Å². The highest BCUT2D eigenvalue weighted by Gasteiger charge is 2.16. The molecule has 0 saturated heterocycles. The SMILES string of the molecule is CC#Cc1cc(Br)c(-c2cc(Br)c(-c3cc4ccccc4cc3Br)cc2Br)cc1C#CC. The van der Waals surface area contributed by atoms with Gasteiger partial charge in [-0.2, -0.15) is 0 Å². The molecule has 0 spiro atoms. The summed E-state index contributed by atoms with van der Waals surface area (Å²) >= 11 is 15.1. The Hall–Kier alpha value is -1.82. The lowest BCUT2D eigenvalue weighted by atomic mass is 9.96. The summed E-state index contributed by atoms with van der Waals surface area (Å²) in [4.78, 5) is 0. The largest absolute Gasteiger partial charge is 0.101 e. The first kappa shape index (κ1) is 23.3. The average molecular weight is 672 g/mol. The van der Waals surface area contributed by atoms with Crippen molar-refractivity contribution in [3.63, 3.8) is 0 Å². The van der Waals surface area contributed by atoms with Gasteiger partial charge in [0, 0.05) is 29.0 Å². The highest BCUT2D eigenvalue weighted by Crippen LogP contribution is 2.43. The predicted molar refractivity (Wildman–Crippen MR) is 151 cm³/mol. The van der Waals surface area contributed by atoms with Gasteiger partial charge in [0.1, 0.15) is 0 Å². The van der Waals surface area contributed by atoms with Crippen molar-refractivity contribution in [1.82, 2.24) is 0 Å². The van der Waals surface area contributed by atoms with Gasteiger partial charge in [0.05, 0.1) is 0 Å². The number of hydrogen-bond acceptors (Lipinski definition) is 0. The average Bonchev–Trinajstić information content (AvgIpc) is 2.77. The Kier molecular flexibility index (Phi) is 7.28. The third kappa shape index (κ3) is 4.61. The van der Waals surface area contributed by atoms with Gasteiger partial charge in [0.25, 0.3) is 0 Å². The van der Waals surface area contributed by atoms with E-state index in [1.807, 2.05) is 19.9 Å². The molecule has 0 aliphatic carbocycles. The van der Waals surface area contributed by atoms with E-state index >= 15 is 0 Å². The van der Waals surface area contributed by atoms with E-state index in [1.165, 1.54) is 10.8 Å². The number of hydrogen-bond donors (Lipinski definition) is 0. The van der Waals surface area contributed by atoms with Gasteiger partial charge in [-0.25, -0.2) is 0 Å². The fourth-order valence-corrected chi connectivity index (χ4v) is 5.88. The van der Waals surface area contributed by atoms with E-state index in [-0.39, 0.29) is 0 Å². The van der Waals surface area contributed by atoms with Crippen LogP contribution in [0.1, 0.15) is 25.0 Å². The van der Waals surface area contributed by atoms with E-state index in [0.29, 0.717) is 0 Å². The zero-order valence-electron chi connectivity index (χ0n) is 17.3. The van der Waals surface area contributed by atoms with E-state index in [9.17, 15) is 0 Å². The molecule has 0 N–H and O–H groups in total. The molecule has 0 amide bonds. The fraction of sp³-hybridized carbons (Fsp3) is 0.0714. The third-order valence-corrected chi connectivity index (χ3v) is 7.72. The molecule has 0 saturated carbocycles. The lowest BCUT2D eigenvalue weighted by Crippen LogP contribution is -1.91. The van der Waals surface area contributed by atoms with Crippen molar-refractivity contribution in [2.45, 2.75) is 13.8 Å². The maximum atomic E-state index is 3.82. The number of halogens is 4. The van der Waals surface area contributed by atoms with Gasteiger partial charge in [-0.1, -0.05) is 99.8 Å². The number of benzene rings is 4. The molecular formula is C28H16Br4. The van der Waals surface area contributed by atoms with Gasteiger partial charge >= 0.3 is 0 Å². The van der Waals surface area contributed by atoms with Gasteiger partial charge in [-0.05, 0) is 83.3 Å². The van der Waals surface area contributed by atoms with E-state index in [2.05, 4.69) is 142 Å². The van der Waals surface area contributed by atoms with E-state index in [1.54, 1.807) is 0 Å². The summed E-state index contributed by atoms with van der Waals surface area (Å²) in [5, 5.41) is 2.41. The maximum absolute atomic E-state index is 3.82. The lowest BCUT2D eigenvalue weighted by Gasteiger charge is -2.15. The molecule has 0 radical (unpaired) electrons. The van der Waals surface area contributed by atoms with Crippen LogP contribution in [0.15, 0.2) is 78.6 Å². The monoisotopic (exact) mass is 668 g/mol. The fourth-order valence-electron chi connectivity index (χ4n) is 3.63. The van der Waals surface area contributed by atoms with Crippen molar-refractivity contribution >= 4 is 74.5 Å². The molecule has 4 aromatic rings. The van der Waals surface area contributed by atoms with Crippen LogP contribution in [0.25, 0.3) is 33.0 Å². The smallest absolute Gasteiger partial charge is 0.0413 e. The molecule has 0 atom stereocenters. The lowest BCUT2D eigenvalue weighted by molar-refractivity contribution is 1.49.